The Kier molecular flexibility index (Phi) is 6.12. The van der Waals surface area contributed by atoms with Crippen LogP contribution in [0.2, 0.25) is 5.02 Å². The first-order chi connectivity index (χ1) is 10.6. The van der Waals surface area contributed by atoms with Gasteiger partial charge >= 0.3 is 36.4 Å². The molecule has 0 heterocycles. The molecule has 0 fully saturated rings. The second-order valence-electron chi connectivity index (χ2n) is 4.84. The third-order valence-corrected chi connectivity index (χ3v) is 4.68. The molecule has 2 aromatic carbocycles. The minimum absolute atomic E-state index is 0.102. The van der Waals surface area contributed by atoms with Crippen molar-refractivity contribution < 1.29 is 22.0 Å². The number of halogens is 7. The van der Waals surface area contributed by atoms with Crippen LogP contribution in [0.1, 0.15) is 5.56 Å². The molecule has 1 N–H and O–H groups in total. The predicted octanol–water partition coefficient (Wildman–Crippen LogP) is 5.99. The van der Waals surface area contributed by atoms with E-state index in [1.165, 1.54) is 10.5 Å². The molecule has 0 aromatic heterocycles. The van der Waals surface area contributed by atoms with Crippen molar-refractivity contribution in [2.45, 2.75) is 10.6 Å². The molecule has 0 saturated carbocycles. The van der Waals surface area contributed by atoms with Gasteiger partial charge in [0.15, 0.2) is 4.90 Å². The second kappa shape index (κ2) is 6.88. The Balaban J connectivity index is 0.000000351. The monoisotopic (exact) mass is 500 g/mol. The molecule has 1 nitrogen and oxygen atoms in total. The maximum atomic E-state index is 9.93. The van der Waals surface area contributed by atoms with Crippen molar-refractivity contribution in [2.75, 3.05) is 6.26 Å². The van der Waals surface area contributed by atoms with E-state index in [0.29, 0.717) is 5.02 Å². The van der Waals surface area contributed by atoms with Gasteiger partial charge < -0.3 is 5.11 Å². The van der Waals surface area contributed by atoms with Crippen LogP contribution in [0.3, 0.4) is 0 Å². The molecular weight excluding hydrogens is 487 g/mol. The maximum absolute atomic E-state index is 11.2. The van der Waals surface area contributed by atoms with Crippen LogP contribution >= 0.6 is 11.6 Å². The standard InChI is InChI=1S/C14H13ClOS.6FH.Sb/c1-17(10-11-5-3-2-4-6-11)12-7-8-14(16)13(15)9-12;;;;;;;/h2-9H,10H2,1H3;6*1H;/q;;;;;;;+5/p-5. The van der Waals surface area contributed by atoms with E-state index >= 15 is 0 Å². The summed E-state index contributed by atoms with van der Waals surface area (Å²) >= 11 is -5.33. The van der Waals surface area contributed by atoms with Gasteiger partial charge in [0.2, 0.25) is 0 Å². The Morgan fingerprint density at radius 2 is 1.46 bits per heavy atom. The fourth-order valence-electron chi connectivity index (χ4n) is 1.61. The van der Waals surface area contributed by atoms with Crippen molar-refractivity contribution >= 4 is 42.0 Å². The molecule has 2 rings (SSSR count). The van der Waals surface area contributed by atoms with Gasteiger partial charge in [0, 0.05) is 22.5 Å². The molecule has 136 valence electrons. The van der Waals surface area contributed by atoms with Gasteiger partial charge in [-0.2, -0.15) is 0 Å². The van der Waals surface area contributed by atoms with E-state index in [9.17, 15) is 22.0 Å². The summed E-state index contributed by atoms with van der Waals surface area (Å²) in [6.07, 6.45) is 2.19. The van der Waals surface area contributed by atoms with Crippen LogP contribution in [0.5, 0.6) is 5.75 Å². The summed E-state index contributed by atoms with van der Waals surface area (Å²) in [5.74, 6) is 1.15. The zero-order valence-electron chi connectivity index (χ0n) is 12.3. The van der Waals surface area contributed by atoms with Crippen molar-refractivity contribution in [2.24, 2.45) is 0 Å². The first kappa shape index (κ1) is 21.3. The quantitative estimate of drug-likeness (QED) is 0.311. The number of phenolic OH excluding ortho intramolecular Hbond substituents is 1. The Morgan fingerprint density at radius 3 is 1.92 bits per heavy atom. The Hall–Kier alpha value is -0.722. The molecule has 2 aromatic rings. The Labute approximate surface area is 145 Å². The van der Waals surface area contributed by atoms with Gasteiger partial charge in [-0.15, -0.1) is 0 Å². The predicted molar refractivity (Wildman–Crippen MR) is 87.2 cm³/mol. The molecular formula is C14H14ClF6OSSb. The summed E-state index contributed by atoms with van der Waals surface area (Å²) < 4.78 is 59.6. The van der Waals surface area contributed by atoms with Gasteiger partial charge in [-0.05, 0) is 12.1 Å². The molecule has 0 radical (unpaired) electrons. The van der Waals surface area contributed by atoms with Gasteiger partial charge in [-0.1, -0.05) is 41.9 Å². The Bertz CT molecular complexity index is 682. The van der Waals surface area contributed by atoms with Crippen molar-refractivity contribution in [3.63, 3.8) is 0 Å². The van der Waals surface area contributed by atoms with Crippen LogP contribution in [0, 0.1) is 0 Å². The summed E-state index contributed by atoms with van der Waals surface area (Å²) in [4.78, 5) is 1.18. The molecule has 0 aliphatic heterocycles. The molecule has 0 bridgehead atoms. The number of hydrogen-bond donors (Lipinski definition) is 1. The summed E-state index contributed by atoms with van der Waals surface area (Å²) in [5.41, 5.74) is 1.32. The van der Waals surface area contributed by atoms with E-state index < -0.39 is 19.5 Å². The SMILES string of the molecule is C[S+](Cc1ccccc1)c1ccc(O)c(Cl)c1.[F][Sb-]([F])([F])([F])([F])[F]. The zero-order chi connectivity index (χ0) is 18.7. The van der Waals surface area contributed by atoms with Crippen LogP contribution in [-0.2, 0) is 16.6 Å². The molecule has 1 atom stereocenters. The van der Waals surface area contributed by atoms with E-state index in [1.807, 2.05) is 18.2 Å². The van der Waals surface area contributed by atoms with E-state index in [-0.39, 0.29) is 16.6 Å². The molecule has 0 amide bonds. The molecule has 0 saturated heterocycles. The van der Waals surface area contributed by atoms with Crippen molar-refractivity contribution in [3.05, 3.63) is 59.1 Å². The number of rotatable bonds is 3. The summed E-state index contributed by atoms with van der Waals surface area (Å²) in [5, 5.41) is 9.81. The number of benzene rings is 2. The summed E-state index contributed by atoms with van der Waals surface area (Å²) in [6.45, 7) is 0. The fraction of sp³-hybridized carbons (Fsp3) is 0.143. The molecule has 0 spiro atoms. The molecule has 1 unspecified atom stereocenters. The number of aromatic hydroxyl groups is 1. The molecule has 0 aliphatic rings. The van der Waals surface area contributed by atoms with Crippen molar-refractivity contribution in [1.82, 2.24) is 0 Å². The third kappa shape index (κ3) is 10.9. The van der Waals surface area contributed by atoms with E-state index in [4.69, 9.17) is 11.6 Å². The summed E-state index contributed by atoms with van der Waals surface area (Å²) in [7, 11) is 0.102. The molecule has 10 heteroatoms. The molecule has 24 heavy (non-hydrogen) atoms. The normalized spacial score (nSPS) is 15.5. The first-order valence-electron chi connectivity index (χ1n) is 6.33. The third-order valence-electron chi connectivity index (χ3n) is 2.55. The molecule has 0 aliphatic carbocycles. The first-order valence-corrected chi connectivity index (χ1v) is 14.3. The van der Waals surface area contributed by atoms with E-state index in [2.05, 4.69) is 30.5 Å². The average molecular weight is 502 g/mol. The van der Waals surface area contributed by atoms with Gasteiger partial charge in [0.05, 0.1) is 5.02 Å². The number of hydrogen-bond acceptors (Lipinski definition) is 1. The Morgan fingerprint density at radius 1 is 0.958 bits per heavy atom. The van der Waals surface area contributed by atoms with Crippen molar-refractivity contribution in [3.8, 4) is 5.75 Å². The van der Waals surface area contributed by atoms with Crippen LogP contribution in [0.25, 0.3) is 0 Å². The topological polar surface area (TPSA) is 20.2 Å². The van der Waals surface area contributed by atoms with Crippen LogP contribution in [-0.4, -0.2) is 30.8 Å². The fourth-order valence-corrected chi connectivity index (χ4v) is 3.34. The van der Waals surface area contributed by atoms with Gasteiger partial charge in [0.1, 0.15) is 17.8 Å². The zero-order valence-corrected chi connectivity index (χ0v) is 16.4. The second-order valence-corrected chi connectivity index (χ2v) is 12.8. The average Bonchev–Trinajstić information content (AvgIpc) is 2.39. The minimum atomic E-state index is -11.2. The van der Waals surface area contributed by atoms with Gasteiger partial charge in [-0.25, -0.2) is 0 Å². The van der Waals surface area contributed by atoms with Crippen LogP contribution < -0.4 is 0 Å². The van der Waals surface area contributed by atoms with Crippen LogP contribution in [0.4, 0.5) is 16.9 Å². The van der Waals surface area contributed by atoms with E-state index in [1.54, 1.807) is 6.07 Å². The van der Waals surface area contributed by atoms with Crippen LogP contribution in [0.15, 0.2) is 53.4 Å². The number of phenols is 1. The van der Waals surface area contributed by atoms with Gasteiger partial charge in [0.25, 0.3) is 0 Å². The van der Waals surface area contributed by atoms with Gasteiger partial charge in [-0.3, -0.25) is 0 Å². The van der Waals surface area contributed by atoms with E-state index in [0.717, 1.165) is 5.75 Å². The van der Waals surface area contributed by atoms with Crippen molar-refractivity contribution in [1.29, 1.82) is 0 Å². The summed E-state index contributed by atoms with van der Waals surface area (Å²) in [6, 6.07) is 15.8.